The highest BCUT2D eigenvalue weighted by molar-refractivity contribution is 5.96. The summed E-state index contributed by atoms with van der Waals surface area (Å²) in [5.41, 5.74) is 2.79. The zero-order valence-corrected chi connectivity index (χ0v) is 15.1. The summed E-state index contributed by atoms with van der Waals surface area (Å²) in [6, 6.07) is 4.76. The van der Waals surface area contributed by atoms with Crippen molar-refractivity contribution in [3.63, 3.8) is 0 Å². The fraction of sp³-hybridized carbons (Fsp3) is 0.250. The fourth-order valence-corrected chi connectivity index (χ4v) is 3.06. The number of aromatic carboxylic acids is 1. The van der Waals surface area contributed by atoms with Crippen molar-refractivity contribution in [2.24, 2.45) is 4.99 Å². The zero-order chi connectivity index (χ0) is 19.6. The molecule has 1 aromatic heterocycles. The average molecular weight is 367 g/mol. The van der Waals surface area contributed by atoms with Crippen LogP contribution in [0.15, 0.2) is 51.8 Å². The second-order valence-electron chi connectivity index (χ2n) is 6.46. The van der Waals surface area contributed by atoms with Crippen molar-refractivity contribution in [3.05, 3.63) is 74.7 Å². The molecule has 0 saturated heterocycles. The molecule has 3 N–H and O–H groups in total. The van der Waals surface area contributed by atoms with Gasteiger partial charge in [-0.15, -0.1) is 0 Å². The second kappa shape index (κ2) is 7.59. The number of hydrogen-bond acceptors (Lipinski definition) is 4. The summed E-state index contributed by atoms with van der Waals surface area (Å²) < 4.78 is 1.52. The first-order valence-electron chi connectivity index (χ1n) is 8.58. The minimum absolute atomic E-state index is 0.0257. The lowest BCUT2D eigenvalue weighted by Crippen LogP contribution is -2.23. The van der Waals surface area contributed by atoms with Crippen LogP contribution in [-0.4, -0.2) is 38.8 Å². The van der Waals surface area contributed by atoms with Gasteiger partial charge in [-0.3, -0.25) is 14.9 Å². The molecule has 1 aliphatic carbocycles. The van der Waals surface area contributed by atoms with E-state index < -0.39 is 5.97 Å². The molecular formula is C20H21N3O4. The van der Waals surface area contributed by atoms with Crippen LogP contribution in [0.25, 0.3) is 0 Å². The normalized spacial score (nSPS) is 16.7. The maximum Gasteiger partial charge on any atom is 0.337 e. The van der Waals surface area contributed by atoms with Gasteiger partial charge in [0.05, 0.1) is 29.5 Å². The highest BCUT2D eigenvalue weighted by Gasteiger charge is 2.18. The fourth-order valence-electron chi connectivity index (χ4n) is 3.06. The van der Waals surface area contributed by atoms with Gasteiger partial charge in [-0.1, -0.05) is 30.4 Å². The van der Waals surface area contributed by atoms with E-state index in [4.69, 9.17) is 5.11 Å². The molecule has 7 nitrogen and oxygen atoms in total. The summed E-state index contributed by atoms with van der Waals surface area (Å²) in [5.74, 6) is -1.06. The van der Waals surface area contributed by atoms with E-state index in [0.717, 1.165) is 11.1 Å². The number of para-hydroxylation sites is 1. The van der Waals surface area contributed by atoms with E-state index in [0.29, 0.717) is 23.4 Å². The number of aliphatic imine (C=N–C) groups is 1. The smallest absolute Gasteiger partial charge is 0.337 e. The predicted octanol–water partition coefficient (Wildman–Crippen LogP) is 2.66. The van der Waals surface area contributed by atoms with Crippen molar-refractivity contribution in [2.45, 2.75) is 26.3 Å². The molecule has 140 valence electrons. The molecular weight excluding hydrogens is 346 g/mol. The van der Waals surface area contributed by atoms with Crippen LogP contribution in [-0.2, 0) is 0 Å². The van der Waals surface area contributed by atoms with E-state index in [1.165, 1.54) is 17.0 Å². The van der Waals surface area contributed by atoms with Gasteiger partial charge < -0.3 is 10.2 Å². The van der Waals surface area contributed by atoms with Crippen LogP contribution >= 0.6 is 0 Å². The molecule has 1 aromatic carbocycles. The molecule has 1 atom stereocenters. The maximum absolute atomic E-state index is 12.8. The van der Waals surface area contributed by atoms with E-state index in [-0.39, 0.29) is 23.8 Å². The summed E-state index contributed by atoms with van der Waals surface area (Å²) in [7, 11) is 0. The van der Waals surface area contributed by atoms with Crippen molar-refractivity contribution >= 4 is 17.9 Å². The van der Waals surface area contributed by atoms with Gasteiger partial charge in [0.1, 0.15) is 0 Å². The molecule has 1 aliphatic rings. The highest BCUT2D eigenvalue weighted by atomic mass is 16.4. The number of aryl methyl sites for hydroxylation is 2. The largest absolute Gasteiger partial charge is 0.478 e. The number of carbonyl (C=O) groups is 1. The van der Waals surface area contributed by atoms with Crippen LogP contribution in [0.3, 0.4) is 0 Å². The number of aromatic nitrogens is 2. The molecule has 2 aromatic rings. The number of rotatable bonds is 5. The van der Waals surface area contributed by atoms with E-state index in [2.05, 4.69) is 10.1 Å². The lowest BCUT2D eigenvalue weighted by Gasteiger charge is -2.16. The van der Waals surface area contributed by atoms with Crippen LogP contribution < -0.4 is 5.56 Å². The zero-order valence-electron chi connectivity index (χ0n) is 15.1. The molecule has 1 heterocycles. The Hall–Kier alpha value is -3.19. The van der Waals surface area contributed by atoms with Crippen molar-refractivity contribution in [3.8, 4) is 0 Å². The van der Waals surface area contributed by atoms with Gasteiger partial charge in [0, 0.05) is 11.9 Å². The minimum atomic E-state index is -1.06. The molecule has 0 amide bonds. The summed E-state index contributed by atoms with van der Waals surface area (Å²) in [4.78, 5) is 28.5. The second-order valence-corrected chi connectivity index (χ2v) is 6.46. The van der Waals surface area contributed by atoms with Gasteiger partial charge in [-0.2, -0.15) is 0 Å². The number of aromatic amines is 1. The summed E-state index contributed by atoms with van der Waals surface area (Å²) >= 11 is 0. The van der Waals surface area contributed by atoms with E-state index in [1.54, 1.807) is 32.1 Å². The summed E-state index contributed by atoms with van der Waals surface area (Å²) in [6.07, 6.45) is 7.59. The number of carboxylic acids is 1. The third kappa shape index (κ3) is 3.68. The number of aliphatic hydroxyl groups is 1. The van der Waals surface area contributed by atoms with E-state index in [9.17, 15) is 14.7 Å². The van der Waals surface area contributed by atoms with Gasteiger partial charge in [-0.25, -0.2) is 9.48 Å². The lowest BCUT2D eigenvalue weighted by molar-refractivity contribution is 0.0697. The van der Waals surface area contributed by atoms with E-state index in [1.807, 2.05) is 12.2 Å². The van der Waals surface area contributed by atoms with Gasteiger partial charge in [0.15, 0.2) is 0 Å². The Morgan fingerprint density at radius 2 is 2.19 bits per heavy atom. The number of nitrogens with one attached hydrogen (secondary N) is 1. The van der Waals surface area contributed by atoms with Crippen LogP contribution in [0, 0.1) is 13.8 Å². The number of nitrogens with zero attached hydrogens (tertiary/aromatic N) is 2. The van der Waals surface area contributed by atoms with Crippen LogP contribution in [0.4, 0.5) is 5.69 Å². The Kier molecular flexibility index (Phi) is 5.23. The van der Waals surface area contributed by atoms with Crippen molar-refractivity contribution in [2.75, 3.05) is 6.61 Å². The van der Waals surface area contributed by atoms with Crippen LogP contribution in [0.1, 0.15) is 39.6 Å². The number of benzene rings is 1. The molecule has 7 heteroatoms. The summed E-state index contributed by atoms with van der Waals surface area (Å²) in [6.45, 7) is 3.53. The standard InChI is InChI=1S/C20H21N3O4/c1-12-4-3-5-16(20(26)27)18(12)21-10-17-13(2)22-23(19(17)25)15-8-6-14(11-24)7-9-15/h3-8,10,15,22,24H,9,11H2,1-2H3,(H,26,27). The monoisotopic (exact) mass is 367 g/mol. The number of carboxylic acid groups (broad SMARTS) is 1. The molecule has 0 bridgehead atoms. The summed E-state index contributed by atoms with van der Waals surface area (Å²) in [5, 5.41) is 21.6. The van der Waals surface area contributed by atoms with Crippen molar-refractivity contribution in [1.82, 2.24) is 9.78 Å². The first kappa shape index (κ1) is 18.6. The molecule has 0 aliphatic heterocycles. The van der Waals surface area contributed by atoms with Gasteiger partial charge in [0.2, 0.25) is 0 Å². The molecule has 0 spiro atoms. The SMILES string of the molecule is Cc1cccc(C(=O)O)c1N=Cc1c(C)[nH]n(C2C=CC(CO)=CC2)c1=O. The molecule has 0 radical (unpaired) electrons. The van der Waals surface area contributed by atoms with Crippen LogP contribution in [0.2, 0.25) is 0 Å². The Labute approximate surface area is 156 Å². The molecule has 0 fully saturated rings. The number of aliphatic hydroxyl groups excluding tert-OH is 1. The van der Waals surface area contributed by atoms with Crippen LogP contribution in [0.5, 0.6) is 0 Å². The molecule has 27 heavy (non-hydrogen) atoms. The van der Waals surface area contributed by atoms with Crippen molar-refractivity contribution < 1.29 is 15.0 Å². The number of hydrogen-bond donors (Lipinski definition) is 3. The minimum Gasteiger partial charge on any atom is -0.478 e. The van der Waals surface area contributed by atoms with Gasteiger partial charge in [0.25, 0.3) is 5.56 Å². The number of H-pyrrole nitrogens is 1. The lowest BCUT2D eigenvalue weighted by atomic mass is 10.0. The third-order valence-corrected chi connectivity index (χ3v) is 4.60. The molecule has 0 saturated carbocycles. The maximum atomic E-state index is 12.8. The topological polar surface area (TPSA) is 108 Å². The quantitative estimate of drug-likeness (QED) is 0.706. The van der Waals surface area contributed by atoms with Gasteiger partial charge >= 0.3 is 5.97 Å². The Balaban J connectivity index is 1.95. The van der Waals surface area contributed by atoms with Gasteiger partial charge in [-0.05, 0) is 37.5 Å². The first-order valence-corrected chi connectivity index (χ1v) is 8.58. The predicted molar refractivity (Wildman–Crippen MR) is 103 cm³/mol. The number of allylic oxidation sites excluding steroid dienone is 2. The average Bonchev–Trinajstić information content (AvgIpc) is 2.94. The molecule has 3 rings (SSSR count). The Morgan fingerprint density at radius 1 is 1.41 bits per heavy atom. The van der Waals surface area contributed by atoms with Crippen molar-refractivity contribution in [1.29, 1.82) is 0 Å². The Bertz CT molecular complexity index is 1020. The molecule has 1 unspecified atom stereocenters. The van der Waals surface area contributed by atoms with E-state index >= 15 is 0 Å². The first-order chi connectivity index (χ1) is 12.9. The third-order valence-electron chi connectivity index (χ3n) is 4.60. The highest BCUT2D eigenvalue weighted by Crippen LogP contribution is 2.24. The Morgan fingerprint density at radius 3 is 2.81 bits per heavy atom.